The summed E-state index contributed by atoms with van der Waals surface area (Å²) in [6, 6.07) is 0. The molecule has 1 aliphatic heterocycles. The molecular weight excluding hydrogens is 228 g/mol. The van der Waals surface area contributed by atoms with Gasteiger partial charge in [0.25, 0.3) is 0 Å². The van der Waals surface area contributed by atoms with E-state index in [4.69, 9.17) is 5.11 Å². The number of amides is 1. The van der Waals surface area contributed by atoms with E-state index in [1.165, 1.54) is 0 Å². The van der Waals surface area contributed by atoms with Crippen molar-refractivity contribution in [2.75, 3.05) is 26.2 Å². The molecule has 0 aromatic heterocycles. The molecule has 0 bridgehead atoms. The Bertz CT molecular complexity index is 245. The van der Waals surface area contributed by atoms with Crippen LogP contribution < -0.4 is 10.6 Å². The van der Waals surface area contributed by atoms with Crippen LogP contribution in [0.3, 0.4) is 0 Å². The van der Waals surface area contributed by atoms with Gasteiger partial charge in [-0.3, -0.25) is 4.79 Å². The summed E-state index contributed by atoms with van der Waals surface area (Å²) in [7, 11) is 0. The number of hydrogen-bond acceptors (Lipinski definition) is 3. The first-order chi connectivity index (χ1) is 8.64. The molecule has 106 valence electrons. The highest BCUT2D eigenvalue weighted by atomic mass is 16.3. The number of aliphatic hydroxyl groups is 1. The van der Waals surface area contributed by atoms with Crippen LogP contribution >= 0.6 is 0 Å². The van der Waals surface area contributed by atoms with Crippen molar-refractivity contribution in [3.05, 3.63) is 0 Å². The van der Waals surface area contributed by atoms with Crippen LogP contribution in [-0.2, 0) is 4.79 Å². The first kappa shape index (κ1) is 15.4. The molecule has 1 unspecified atom stereocenters. The Balaban J connectivity index is 2.49. The highest BCUT2D eigenvalue weighted by molar-refractivity contribution is 5.82. The average molecular weight is 256 g/mol. The summed E-state index contributed by atoms with van der Waals surface area (Å²) in [5, 5.41) is 15.3. The van der Waals surface area contributed by atoms with Gasteiger partial charge in [-0.05, 0) is 44.7 Å². The minimum absolute atomic E-state index is 0.154. The molecule has 0 radical (unpaired) electrons. The lowest BCUT2D eigenvalue weighted by Crippen LogP contribution is -2.48. The van der Waals surface area contributed by atoms with Gasteiger partial charge in [-0.15, -0.1) is 0 Å². The van der Waals surface area contributed by atoms with Gasteiger partial charge in [-0.2, -0.15) is 0 Å². The van der Waals surface area contributed by atoms with Crippen molar-refractivity contribution in [1.82, 2.24) is 10.6 Å². The molecule has 4 nitrogen and oxygen atoms in total. The molecule has 1 atom stereocenters. The largest absolute Gasteiger partial charge is 0.396 e. The van der Waals surface area contributed by atoms with Crippen molar-refractivity contribution in [2.45, 2.75) is 46.0 Å². The van der Waals surface area contributed by atoms with E-state index in [2.05, 4.69) is 24.5 Å². The number of rotatable bonds is 7. The fourth-order valence-electron chi connectivity index (χ4n) is 2.75. The summed E-state index contributed by atoms with van der Waals surface area (Å²) in [5.41, 5.74) is -0.154. The monoisotopic (exact) mass is 256 g/mol. The number of carbonyl (C=O) groups excluding carboxylic acids is 1. The summed E-state index contributed by atoms with van der Waals surface area (Å²) in [4.78, 5) is 12.4. The van der Waals surface area contributed by atoms with Crippen LogP contribution in [0.5, 0.6) is 0 Å². The molecule has 1 rings (SSSR count). The van der Waals surface area contributed by atoms with E-state index in [-0.39, 0.29) is 17.9 Å². The summed E-state index contributed by atoms with van der Waals surface area (Å²) in [6.45, 7) is 6.97. The molecule has 3 N–H and O–H groups in total. The van der Waals surface area contributed by atoms with Crippen molar-refractivity contribution >= 4 is 5.91 Å². The molecule has 1 fully saturated rings. The molecule has 1 saturated heterocycles. The van der Waals surface area contributed by atoms with Crippen LogP contribution in [0.2, 0.25) is 0 Å². The Morgan fingerprint density at radius 2 is 2.11 bits per heavy atom. The van der Waals surface area contributed by atoms with Gasteiger partial charge < -0.3 is 15.7 Å². The molecule has 18 heavy (non-hydrogen) atoms. The second-order valence-corrected chi connectivity index (χ2v) is 5.61. The maximum Gasteiger partial charge on any atom is 0.226 e. The van der Waals surface area contributed by atoms with E-state index in [9.17, 15) is 4.79 Å². The Morgan fingerprint density at radius 1 is 1.44 bits per heavy atom. The smallest absolute Gasteiger partial charge is 0.226 e. The zero-order valence-electron chi connectivity index (χ0n) is 11.8. The van der Waals surface area contributed by atoms with Crippen molar-refractivity contribution in [3.8, 4) is 0 Å². The first-order valence-electron chi connectivity index (χ1n) is 7.24. The van der Waals surface area contributed by atoms with Gasteiger partial charge in [0, 0.05) is 13.2 Å². The third-order valence-electron chi connectivity index (χ3n) is 4.00. The van der Waals surface area contributed by atoms with E-state index >= 15 is 0 Å². The third kappa shape index (κ3) is 4.25. The van der Waals surface area contributed by atoms with Gasteiger partial charge in [-0.25, -0.2) is 0 Å². The minimum atomic E-state index is -0.154. The van der Waals surface area contributed by atoms with Crippen molar-refractivity contribution in [3.63, 3.8) is 0 Å². The summed E-state index contributed by atoms with van der Waals surface area (Å²) in [5.74, 6) is 0.565. The molecule has 1 amide bonds. The number of piperidine rings is 1. The quantitative estimate of drug-likeness (QED) is 0.643. The topological polar surface area (TPSA) is 61.4 Å². The Morgan fingerprint density at radius 3 is 2.67 bits per heavy atom. The number of nitrogens with one attached hydrogen (secondary N) is 2. The number of aliphatic hydroxyl groups excluding tert-OH is 1. The SMILES string of the molecule is CCCC1(C(=O)NCC(C)CCO)CCNCC1. The molecule has 0 aromatic rings. The highest BCUT2D eigenvalue weighted by Crippen LogP contribution is 2.34. The van der Waals surface area contributed by atoms with Crippen molar-refractivity contribution < 1.29 is 9.90 Å². The predicted molar refractivity (Wildman–Crippen MR) is 73.3 cm³/mol. The average Bonchev–Trinajstić information content (AvgIpc) is 2.38. The number of hydrogen-bond donors (Lipinski definition) is 3. The lowest BCUT2D eigenvalue weighted by molar-refractivity contribution is -0.133. The summed E-state index contributed by atoms with van der Waals surface area (Å²) in [6.07, 6.45) is 4.68. The Hall–Kier alpha value is -0.610. The molecule has 0 spiro atoms. The summed E-state index contributed by atoms with van der Waals surface area (Å²) < 4.78 is 0. The van der Waals surface area contributed by atoms with E-state index < -0.39 is 0 Å². The van der Waals surface area contributed by atoms with Gasteiger partial charge in [0.1, 0.15) is 0 Å². The van der Waals surface area contributed by atoms with E-state index in [1.807, 2.05) is 0 Å². The van der Waals surface area contributed by atoms with Crippen LogP contribution in [0.1, 0.15) is 46.0 Å². The fourth-order valence-corrected chi connectivity index (χ4v) is 2.75. The minimum Gasteiger partial charge on any atom is -0.396 e. The maximum atomic E-state index is 12.4. The number of carbonyl (C=O) groups is 1. The normalized spacial score (nSPS) is 20.4. The molecule has 4 heteroatoms. The van der Waals surface area contributed by atoms with Crippen LogP contribution in [0.4, 0.5) is 0 Å². The second kappa shape index (κ2) is 7.74. The van der Waals surface area contributed by atoms with E-state index in [0.29, 0.717) is 12.5 Å². The van der Waals surface area contributed by atoms with Gasteiger partial charge >= 0.3 is 0 Å². The molecule has 0 saturated carbocycles. The molecule has 1 heterocycles. The first-order valence-corrected chi connectivity index (χ1v) is 7.24. The molecule has 0 aromatic carbocycles. The van der Waals surface area contributed by atoms with Gasteiger partial charge in [0.05, 0.1) is 5.41 Å². The lowest BCUT2D eigenvalue weighted by Gasteiger charge is -2.36. The summed E-state index contributed by atoms with van der Waals surface area (Å²) >= 11 is 0. The standard InChI is InChI=1S/C14H28N2O2/c1-3-5-14(6-8-15-9-7-14)13(18)16-11-12(2)4-10-17/h12,15,17H,3-11H2,1-2H3,(H,16,18). The zero-order valence-corrected chi connectivity index (χ0v) is 11.8. The molecule has 1 aliphatic rings. The Labute approximate surface area is 111 Å². The van der Waals surface area contributed by atoms with Crippen LogP contribution in [0.15, 0.2) is 0 Å². The van der Waals surface area contributed by atoms with E-state index in [1.54, 1.807) is 0 Å². The maximum absolute atomic E-state index is 12.4. The highest BCUT2D eigenvalue weighted by Gasteiger charge is 2.38. The van der Waals surface area contributed by atoms with Gasteiger partial charge in [0.2, 0.25) is 5.91 Å². The second-order valence-electron chi connectivity index (χ2n) is 5.61. The third-order valence-corrected chi connectivity index (χ3v) is 4.00. The van der Waals surface area contributed by atoms with Crippen LogP contribution in [0.25, 0.3) is 0 Å². The van der Waals surface area contributed by atoms with Crippen molar-refractivity contribution in [1.29, 1.82) is 0 Å². The van der Waals surface area contributed by atoms with E-state index in [0.717, 1.165) is 45.2 Å². The van der Waals surface area contributed by atoms with Crippen molar-refractivity contribution in [2.24, 2.45) is 11.3 Å². The van der Waals surface area contributed by atoms with Crippen LogP contribution in [0, 0.1) is 11.3 Å². The lowest BCUT2D eigenvalue weighted by atomic mass is 9.74. The Kier molecular flexibility index (Phi) is 6.65. The van der Waals surface area contributed by atoms with Crippen LogP contribution in [-0.4, -0.2) is 37.3 Å². The van der Waals surface area contributed by atoms with Gasteiger partial charge in [0.15, 0.2) is 0 Å². The predicted octanol–water partition coefficient (Wildman–Crippen LogP) is 1.29. The molecule has 0 aliphatic carbocycles. The zero-order chi connectivity index (χ0) is 13.4. The fraction of sp³-hybridized carbons (Fsp3) is 0.929. The molecular formula is C14H28N2O2. The van der Waals surface area contributed by atoms with Gasteiger partial charge in [-0.1, -0.05) is 20.3 Å².